The maximum atomic E-state index is 11.0. The van der Waals surface area contributed by atoms with Gasteiger partial charge in [-0.15, -0.1) is 11.3 Å². The highest BCUT2D eigenvalue weighted by Gasteiger charge is 2.17. The third-order valence-corrected chi connectivity index (χ3v) is 5.07. The van der Waals surface area contributed by atoms with Crippen LogP contribution in [0.4, 0.5) is 0 Å². The number of carbonyl (C=O) groups is 1. The number of hydrogen-bond donors (Lipinski definition) is 1. The summed E-state index contributed by atoms with van der Waals surface area (Å²) in [6.07, 6.45) is 1.54. The van der Waals surface area contributed by atoms with E-state index in [9.17, 15) is 4.79 Å². The van der Waals surface area contributed by atoms with Gasteiger partial charge in [0, 0.05) is 10.4 Å². The topological polar surface area (TPSA) is 68.9 Å². The van der Waals surface area contributed by atoms with Crippen LogP contribution in [0.2, 0.25) is 0 Å². The Balaban J connectivity index is 2.19. The van der Waals surface area contributed by atoms with Crippen LogP contribution < -0.4 is 5.73 Å². The van der Waals surface area contributed by atoms with Gasteiger partial charge in [-0.25, -0.2) is 9.97 Å². The van der Waals surface area contributed by atoms with Crippen molar-refractivity contribution in [1.29, 1.82) is 0 Å². The van der Waals surface area contributed by atoms with Crippen LogP contribution in [-0.4, -0.2) is 21.6 Å². The molecule has 6 heteroatoms. The second-order valence-corrected chi connectivity index (χ2v) is 6.68. The van der Waals surface area contributed by atoms with Gasteiger partial charge >= 0.3 is 0 Å². The number of aromatic nitrogens is 2. The van der Waals surface area contributed by atoms with E-state index < -0.39 is 0 Å². The quantitative estimate of drug-likeness (QED) is 0.593. The number of amides is 1. The predicted molar refractivity (Wildman–Crippen MR) is 87.5 cm³/mol. The van der Waals surface area contributed by atoms with E-state index in [-0.39, 0.29) is 11.7 Å². The number of rotatable bonds is 4. The Morgan fingerprint density at radius 1 is 1.29 bits per heavy atom. The van der Waals surface area contributed by atoms with E-state index in [1.165, 1.54) is 23.0 Å². The molecule has 0 spiro atoms. The highest BCUT2D eigenvalue weighted by Crippen LogP contribution is 2.40. The van der Waals surface area contributed by atoms with Crippen molar-refractivity contribution in [3.8, 4) is 11.1 Å². The highest BCUT2D eigenvalue weighted by molar-refractivity contribution is 8.00. The SMILES string of the molecule is Cc1sc2ncnc(SCC(N)=O)c2c1-c1ccccc1. The summed E-state index contributed by atoms with van der Waals surface area (Å²) in [6, 6.07) is 10.2. The Morgan fingerprint density at radius 2 is 2.05 bits per heavy atom. The van der Waals surface area contributed by atoms with E-state index in [0.717, 1.165) is 26.4 Å². The molecule has 0 fully saturated rings. The molecule has 0 unspecified atom stereocenters. The molecule has 1 amide bonds. The first-order valence-electron chi connectivity index (χ1n) is 6.37. The Labute approximate surface area is 130 Å². The summed E-state index contributed by atoms with van der Waals surface area (Å²) in [4.78, 5) is 21.8. The number of primary amides is 1. The van der Waals surface area contributed by atoms with Crippen molar-refractivity contribution >= 4 is 39.2 Å². The molecule has 0 atom stereocenters. The third-order valence-electron chi connectivity index (χ3n) is 3.04. The van der Waals surface area contributed by atoms with E-state index in [4.69, 9.17) is 5.73 Å². The Kier molecular flexibility index (Phi) is 3.90. The number of thioether (sulfide) groups is 1. The minimum atomic E-state index is -0.347. The Hall–Kier alpha value is -1.92. The summed E-state index contributed by atoms with van der Waals surface area (Å²) in [7, 11) is 0. The zero-order valence-corrected chi connectivity index (χ0v) is 13.0. The van der Waals surface area contributed by atoms with Gasteiger partial charge in [-0.3, -0.25) is 4.79 Å². The van der Waals surface area contributed by atoms with Crippen LogP contribution in [0.15, 0.2) is 41.7 Å². The first-order valence-corrected chi connectivity index (χ1v) is 8.17. The molecule has 0 saturated carbocycles. The molecule has 4 nitrogen and oxygen atoms in total. The number of hydrogen-bond acceptors (Lipinski definition) is 5. The van der Waals surface area contributed by atoms with Crippen molar-refractivity contribution in [3.63, 3.8) is 0 Å². The molecule has 0 bridgehead atoms. The first-order chi connectivity index (χ1) is 10.2. The molecule has 0 aliphatic carbocycles. The molecular formula is C15H13N3OS2. The van der Waals surface area contributed by atoms with Gasteiger partial charge in [0.2, 0.25) is 5.91 Å². The number of aryl methyl sites for hydroxylation is 1. The van der Waals surface area contributed by atoms with Crippen molar-refractivity contribution in [2.45, 2.75) is 11.9 Å². The zero-order valence-electron chi connectivity index (χ0n) is 11.4. The minimum absolute atomic E-state index is 0.217. The highest BCUT2D eigenvalue weighted by atomic mass is 32.2. The second kappa shape index (κ2) is 5.83. The first kappa shape index (κ1) is 14.0. The molecule has 2 N–H and O–H groups in total. The minimum Gasteiger partial charge on any atom is -0.369 e. The van der Waals surface area contributed by atoms with E-state index in [2.05, 4.69) is 29.0 Å². The number of nitrogens with two attached hydrogens (primary N) is 1. The van der Waals surface area contributed by atoms with Crippen LogP contribution in [0.3, 0.4) is 0 Å². The van der Waals surface area contributed by atoms with Crippen LogP contribution in [-0.2, 0) is 4.79 Å². The monoisotopic (exact) mass is 315 g/mol. The second-order valence-electron chi connectivity index (χ2n) is 4.51. The van der Waals surface area contributed by atoms with E-state index in [1.54, 1.807) is 11.3 Å². The normalized spacial score (nSPS) is 10.9. The largest absolute Gasteiger partial charge is 0.369 e. The molecule has 3 aromatic rings. The molecule has 0 radical (unpaired) electrons. The third kappa shape index (κ3) is 2.77. The average molecular weight is 315 g/mol. The summed E-state index contributed by atoms with van der Waals surface area (Å²) in [5, 5.41) is 1.82. The average Bonchev–Trinajstić information content (AvgIpc) is 2.82. The molecule has 106 valence electrons. The number of benzene rings is 1. The maximum Gasteiger partial charge on any atom is 0.227 e. The van der Waals surface area contributed by atoms with Crippen molar-refractivity contribution in [2.24, 2.45) is 5.73 Å². The summed E-state index contributed by atoms with van der Waals surface area (Å²) in [5.74, 6) is -0.130. The lowest BCUT2D eigenvalue weighted by Crippen LogP contribution is -2.13. The maximum absolute atomic E-state index is 11.0. The van der Waals surface area contributed by atoms with Gasteiger partial charge in [0.25, 0.3) is 0 Å². The van der Waals surface area contributed by atoms with Crippen molar-refractivity contribution in [1.82, 2.24) is 9.97 Å². The van der Waals surface area contributed by atoms with Crippen LogP contribution in [0.5, 0.6) is 0 Å². The number of fused-ring (bicyclic) bond motifs is 1. The molecular weight excluding hydrogens is 302 g/mol. The van der Waals surface area contributed by atoms with Gasteiger partial charge < -0.3 is 5.73 Å². The fourth-order valence-electron chi connectivity index (χ4n) is 2.22. The van der Waals surface area contributed by atoms with Crippen LogP contribution >= 0.6 is 23.1 Å². The van der Waals surface area contributed by atoms with Crippen LogP contribution in [0, 0.1) is 6.92 Å². The summed E-state index contributed by atoms with van der Waals surface area (Å²) in [6.45, 7) is 2.08. The van der Waals surface area contributed by atoms with Gasteiger partial charge in [0.15, 0.2) is 0 Å². The molecule has 2 heterocycles. The van der Waals surface area contributed by atoms with Gasteiger partial charge in [-0.1, -0.05) is 42.1 Å². The lowest BCUT2D eigenvalue weighted by Gasteiger charge is -2.05. The summed E-state index contributed by atoms with van der Waals surface area (Å²) in [5.41, 5.74) is 7.52. The lowest BCUT2D eigenvalue weighted by atomic mass is 10.0. The Bertz CT molecular complexity index is 799. The van der Waals surface area contributed by atoms with Crippen LogP contribution in [0.1, 0.15) is 4.88 Å². The fourth-order valence-corrected chi connectivity index (χ4v) is 4.04. The smallest absolute Gasteiger partial charge is 0.227 e. The molecule has 0 aliphatic rings. The van der Waals surface area contributed by atoms with Crippen molar-refractivity contribution < 1.29 is 4.79 Å². The molecule has 2 aromatic heterocycles. The summed E-state index contributed by atoms with van der Waals surface area (Å²) >= 11 is 3.00. The predicted octanol–water partition coefficient (Wildman–Crippen LogP) is 3.24. The van der Waals surface area contributed by atoms with Crippen LogP contribution in [0.25, 0.3) is 21.3 Å². The van der Waals surface area contributed by atoms with Gasteiger partial charge in [-0.05, 0) is 12.5 Å². The molecule has 0 aliphatic heterocycles. The van der Waals surface area contributed by atoms with Gasteiger partial charge in [0.1, 0.15) is 16.2 Å². The van der Waals surface area contributed by atoms with E-state index >= 15 is 0 Å². The van der Waals surface area contributed by atoms with E-state index in [0.29, 0.717) is 0 Å². The molecule has 21 heavy (non-hydrogen) atoms. The zero-order chi connectivity index (χ0) is 14.8. The summed E-state index contributed by atoms with van der Waals surface area (Å²) < 4.78 is 0. The Morgan fingerprint density at radius 3 is 2.76 bits per heavy atom. The fraction of sp³-hybridized carbons (Fsp3) is 0.133. The number of thiophene rings is 1. The van der Waals surface area contributed by atoms with E-state index in [1.807, 2.05) is 18.2 Å². The number of nitrogens with zero attached hydrogens (tertiary/aromatic N) is 2. The molecule has 1 aromatic carbocycles. The molecule has 3 rings (SSSR count). The van der Waals surface area contributed by atoms with Gasteiger partial charge in [0.05, 0.1) is 11.1 Å². The van der Waals surface area contributed by atoms with Gasteiger partial charge in [-0.2, -0.15) is 0 Å². The number of carbonyl (C=O) groups excluding carboxylic acids is 1. The standard InChI is InChI=1S/C15H13N3OS2/c1-9-12(10-5-3-2-4-6-10)13-14(20-7-11(16)19)17-8-18-15(13)21-9/h2-6,8H,7H2,1H3,(H2,16,19). The lowest BCUT2D eigenvalue weighted by molar-refractivity contribution is -0.115. The molecule has 0 saturated heterocycles. The van der Waals surface area contributed by atoms with Crippen molar-refractivity contribution in [3.05, 3.63) is 41.5 Å². The van der Waals surface area contributed by atoms with Crippen molar-refractivity contribution in [2.75, 3.05) is 5.75 Å².